The average molecular weight is 415 g/mol. The van der Waals surface area contributed by atoms with E-state index in [4.69, 9.17) is 11.6 Å². The van der Waals surface area contributed by atoms with Gasteiger partial charge in [-0.3, -0.25) is 0 Å². The molecule has 0 N–H and O–H groups in total. The first-order valence-corrected chi connectivity index (χ1v) is 9.56. The normalized spacial score (nSPS) is 10.9. The van der Waals surface area contributed by atoms with E-state index in [-0.39, 0.29) is 0 Å². The fraction of sp³-hybridized carbons (Fsp3) is 0. The molecule has 0 aliphatic rings. The molecule has 0 aliphatic heterocycles. The molecule has 0 fully saturated rings. The first kappa shape index (κ1) is 15.7. The van der Waals surface area contributed by atoms with Crippen LogP contribution in [0.15, 0.2) is 82.6 Å². The minimum absolute atomic E-state index is 0.705. The van der Waals surface area contributed by atoms with Gasteiger partial charge < -0.3 is 4.90 Å². The predicted molar refractivity (Wildman–Crippen MR) is 109 cm³/mol. The van der Waals surface area contributed by atoms with Crippen molar-refractivity contribution in [1.82, 2.24) is 0 Å². The summed E-state index contributed by atoms with van der Waals surface area (Å²) in [6, 6.07) is 24.8. The van der Waals surface area contributed by atoms with Gasteiger partial charge in [-0.05, 0) is 46.3 Å². The van der Waals surface area contributed by atoms with Gasteiger partial charge in [-0.2, -0.15) is 0 Å². The first-order chi connectivity index (χ1) is 11.8. The smallest absolute Gasteiger partial charge is 0.0788 e. The lowest BCUT2D eigenvalue weighted by Gasteiger charge is -2.26. The zero-order chi connectivity index (χ0) is 16.5. The van der Waals surface area contributed by atoms with Crippen molar-refractivity contribution in [2.24, 2.45) is 0 Å². The van der Waals surface area contributed by atoms with Crippen LogP contribution in [0, 0.1) is 0 Å². The summed E-state index contributed by atoms with van der Waals surface area (Å²) in [6.07, 6.45) is 0. The molecule has 4 rings (SSSR count). The number of nitrogens with zero attached hydrogens (tertiary/aromatic N) is 1. The molecular weight excluding hydrogens is 402 g/mol. The number of halogens is 2. The molecule has 0 atom stereocenters. The van der Waals surface area contributed by atoms with Crippen molar-refractivity contribution < 1.29 is 0 Å². The van der Waals surface area contributed by atoms with Crippen LogP contribution in [0.4, 0.5) is 17.1 Å². The Hall–Kier alpha value is -1.81. The summed E-state index contributed by atoms with van der Waals surface area (Å²) in [5, 5.41) is 4.12. The monoisotopic (exact) mass is 413 g/mol. The molecule has 3 aromatic carbocycles. The van der Waals surface area contributed by atoms with Gasteiger partial charge >= 0.3 is 0 Å². The third-order valence-corrected chi connectivity index (χ3v) is 6.13. The van der Waals surface area contributed by atoms with Crippen molar-refractivity contribution in [3.63, 3.8) is 0 Å². The molecule has 1 heterocycles. The van der Waals surface area contributed by atoms with E-state index in [2.05, 4.69) is 62.6 Å². The number of para-hydroxylation sites is 1. The van der Waals surface area contributed by atoms with E-state index in [1.165, 1.54) is 10.1 Å². The van der Waals surface area contributed by atoms with Crippen LogP contribution in [0.1, 0.15) is 0 Å². The Bertz CT molecular complexity index is 997. The molecule has 0 aliphatic carbocycles. The number of thiophene rings is 1. The van der Waals surface area contributed by atoms with Crippen LogP contribution in [0.2, 0.25) is 5.02 Å². The SMILES string of the molecule is Clc1c(Br)cccc1N(c1ccccc1)c1csc2ccccc12. The molecule has 118 valence electrons. The van der Waals surface area contributed by atoms with Crippen molar-refractivity contribution in [2.45, 2.75) is 0 Å². The highest BCUT2D eigenvalue weighted by Gasteiger charge is 2.19. The average Bonchev–Trinajstić information content (AvgIpc) is 3.04. The maximum absolute atomic E-state index is 6.62. The Kier molecular flexibility index (Phi) is 4.31. The Morgan fingerprint density at radius 3 is 2.38 bits per heavy atom. The summed E-state index contributed by atoms with van der Waals surface area (Å²) in [5.74, 6) is 0. The molecular formula is C20H13BrClNS. The van der Waals surface area contributed by atoms with Gasteiger partial charge in [0.2, 0.25) is 0 Å². The number of fused-ring (bicyclic) bond motifs is 1. The standard InChI is InChI=1S/C20H13BrClNS/c21-16-10-6-11-17(20(16)22)23(14-7-2-1-3-8-14)18-13-24-19-12-5-4-9-15(18)19/h1-13H. The lowest BCUT2D eigenvalue weighted by molar-refractivity contribution is 1.30. The van der Waals surface area contributed by atoms with E-state index in [1.807, 2.05) is 36.4 Å². The fourth-order valence-electron chi connectivity index (χ4n) is 2.79. The number of anilines is 3. The van der Waals surface area contributed by atoms with Crippen LogP contribution in [0.3, 0.4) is 0 Å². The van der Waals surface area contributed by atoms with Crippen LogP contribution in [-0.2, 0) is 0 Å². The molecule has 1 aromatic heterocycles. The fourth-order valence-corrected chi connectivity index (χ4v) is 4.28. The quantitative estimate of drug-likeness (QED) is 0.331. The van der Waals surface area contributed by atoms with E-state index in [9.17, 15) is 0 Å². The zero-order valence-corrected chi connectivity index (χ0v) is 15.8. The molecule has 0 amide bonds. The topological polar surface area (TPSA) is 3.24 Å². The summed E-state index contributed by atoms with van der Waals surface area (Å²) < 4.78 is 2.15. The van der Waals surface area contributed by atoms with Crippen LogP contribution in [0.25, 0.3) is 10.1 Å². The van der Waals surface area contributed by atoms with E-state index < -0.39 is 0 Å². The van der Waals surface area contributed by atoms with Crippen molar-refractivity contribution in [2.75, 3.05) is 4.90 Å². The number of rotatable bonds is 3. The van der Waals surface area contributed by atoms with Crippen molar-refractivity contribution in [3.8, 4) is 0 Å². The summed E-state index contributed by atoms with van der Waals surface area (Å²) in [4.78, 5) is 2.21. The highest BCUT2D eigenvalue weighted by atomic mass is 79.9. The molecule has 0 saturated carbocycles. The molecule has 24 heavy (non-hydrogen) atoms. The lowest BCUT2D eigenvalue weighted by Crippen LogP contribution is -2.10. The Balaban J connectivity index is 2.00. The van der Waals surface area contributed by atoms with Gasteiger partial charge in [-0.25, -0.2) is 0 Å². The Labute approximate surface area is 158 Å². The van der Waals surface area contributed by atoms with Gasteiger partial charge in [0.15, 0.2) is 0 Å². The van der Waals surface area contributed by atoms with Gasteiger partial charge in [-0.15, -0.1) is 11.3 Å². The second-order valence-electron chi connectivity index (χ2n) is 5.36. The molecule has 4 aromatic rings. The predicted octanol–water partition coefficient (Wildman–Crippen LogP) is 7.79. The number of benzene rings is 3. The summed E-state index contributed by atoms with van der Waals surface area (Å²) in [6.45, 7) is 0. The van der Waals surface area contributed by atoms with Crippen LogP contribution in [-0.4, -0.2) is 0 Å². The lowest BCUT2D eigenvalue weighted by atomic mass is 10.1. The highest BCUT2D eigenvalue weighted by Crippen LogP contribution is 2.45. The van der Waals surface area contributed by atoms with Crippen molar-refractivity contribution in [1.29, 1.82) is 0 Å². The van der Waals surface area contributed by atoms with Crippen LogP contribution in [0.5, 0.6) is 0 Å². The second-order valence-corrected chi connectivity index (χ2v) is 7.50. The third-order valence-electron chi connectivity index (χ3n) is 3.89. The minimum atomic E-state index is 0.705. The third kappa shape index (κ3) is 2.73. The zero-order valence-electron chi connectivity index (χ0n) is 12.6. The Morgan fingerprint density at radius 1 is 0.792 bits per heavy atom. The second kappa shape index (κ2) is 6.60. The largest absolute Gasteiger partial charge is 0.307 e. The Morgan fingerprint density at radius 2 is 1.54 bits per heavy atom. The van der Waals surface area contributed by atoms with Crippen molar-refractivity contribution >= 4 is 66.0 Å². The maximum atomic E-state index is 6.62. The van der Waals surface area contributed by atoms with Gasteiger partial charge in [-0.1, -0.05) is 54.1 Å². The van der Waals surface area contributed by atoms with Gasteiger partial charge in [0.1, 0.15) is 0 Å². The van der Waals surface area contributed by atoms with Gasteiger partial charge in [0.05, 0.1) is 16.4 Å². The van der Waals surface area contributed by atoms with Crippen molar-refractivity contribution in [3.05, 3.63) is 87.7 Å². The number of hydrogen-bond donors (Lipinski definition) is 0. The summed E-state index contributed by atoms with van der Waals surface area (Å²) in [7, 11) is 0. The summed E-state index contributed by atoms with van der Waals surface area (Å²) in [5.41, 5.74) is 3.18. The minimum Gasteiger partial charge on any atom is -0.307 e. The highest BCUT2D eigenvalue weighted by molar-refractivity contribution is 9.10. The molecule has 0 unspecified atom stereocenters. The molecule has 0 bridgehead atoms. The van der Waals surface area contributed by atoms with E-state index in [1.54, 1.807) is 11.3 Å². The van der Waals surface area contributed by atoms with E-state index in [0.717, 1.165) is 21.5 Å². The van der Waals surface area contributed by atoms with Gasteiger partial charge in [0, 0.05) is 25.6 Å². The molecule has 0 spiro atoms. The summed E-state index contributed by atoms with van der Waals surface area (Å²) >= 11 is 11.9. The van der Waals surface area contributed by atoms with E-state index in [0.29, 0.717) is 5.02 Å². The number of hydrogen-bond acceptors (Lipinski definition) is 2. The van der Waals surface area contributed by atoms with Crippen LogP contribution < -0.4 is 4.90 Å². The molecule has 0 saturated heterocycles. The van der Waals surface area contributed by atoms with Crippen LogP contribution >= 0.6 is 38.9 Å². The van der Waals surface area contributed by atoms with E-state index >= 15 is 0 Å². The molecule has 1 nitrogen and oxygen atoms in total. The molecule has 0 radical (unpaired) electrons. The van der Waals surface area contributed by atoms with Gasteiger partial charge in [0.25, 0.3) is 0 Å². The molecule has 4 heteroatoms. The maximum Gasteiger partial charge on any atom is 0.0788 e. The first-order valence-electron chi connectivity index (χ1n) is 7.51.